The summed E-state index contributed by atoms with van der Waals surface area (Å²) in [6, 6.07) is 15.2. The Morgan fingerprint density at radius 1 is 1.24 bits per heavy atom. The van der Waals surface area contributed by atoms with Crippen LogP contribution in [0.1, 0.15) is 11.1 Å². The van der Waals surface area contributed by atoms with Gasteiger partial charge in [-0.3, -0.25) is 4.79 Å². The van der Waals surface area contributed by atoms with Crippen molar-refractivity contribution >= 4 is 24.0 Å². The summed E-state index contributed by atoms with van der Waals surface area (Å²) < 4.78 is 11.1. The van der Waals surface area contributed by atoms with Gasteiger partial charge in [0.25, 0.3) is 0 Å². The largest absolute Gasteiger partial charge is 0.489 e. The summed E-state index contributed by atoms with van der Waals surface area (Å²) in [6.45, 7) is 4.20. The van der Waals surface area contributed by atoms with Crippen molar-refractivity contribution in [1.82, 2.24) is 5.32 Å². The fraction of sp³-hybridized carbons (Fsp3) is 0.316. The fourth-order valence-corrected chi connectivity index (χ4v) is 2.61. The van der Waals surface area contributed by atoms with Gasteiger partial charge in [-0.25, -0.2) is 0 Å². The SMILES string of the molecule is Cc1c(COc2ccccc2)cccc1NC(=O)C1COCCN1.Cl. The molecule has 0 saturated carbocycles. The molecular weight excluding hydrogens is 340 g/mol. The van der Waals surface area contributed by atoms with E-state index in [9.17, 15) is 4.79 Å². The monoisotopic (exact) mass is 362 g/mol. The number of morpholine rings is 1. The van der Waals surface area contributed by atoms with Gasteiger partial charge in [-0.05, 0) is 36.2 Å². The number of anilines is 1. The van der Waals surface area contributed by atoms with Crippen LogP contribution >= 0.6 is 12.4 Å². The van der Waals surface area contributed by atoms with Crippen LogP contribution in [0, 0.1) is 6.92 Å². The van der Waals surface area contributed by atoms with Crippen molar-refractivity contribution < 1.29 is 14.3 Å². The van der Waals surface area contributed by atoms with Crippen LogP contribution in [-0.2, 0) is 16.1 Å². The maximum atomic E-state index is 12.3. The Bertz CT molecular complexity index is 688. The zero-order chi connectivity index (χ0) is 16.8. The predicted octanol–water partition coefficient (Wildman–Crippen LogP) is 2.92. The summed E-state index contributed by atoms with van der Waals surface area (Å²) in [5.74, 6) is 0.758. The van der Waals surface area contributed by atoms with Gasteiger partial charge < -0.3 is 20.1 Å². The molecule has 1 aliphatic rings. The van der Waals surface area contributed by atoms with Crippen molar-refractivity contribution in [2.24, 2.45) is 0 Å². The summed E-state index contributed by atoms with van der Waals surface area (Å²) in [7, 11) is 0. The van der Waals surface area contributed by atoms with Gasteiger partial charge in [-0.15, -0.1) is 12.4 Å². The molecule has 1 saturated heterocycles. The average Bonchev–Trinajstić information content (AvgIpc) is 2.64. The average molecular weight is 363 g/mol. The number of ether oxygens (including phenoxy) is 2. The molecule has 3 rings (SSSR count). The summed E-state index contributed by atoms with van der Waals surface area (Å²) >= 11 is 0. The number of amides is 1. The first-order chi connectivity index (χ1) is 11.7. The molecule has 1 atom stereocenters. The van der Waals surface area contributed by atoms with Crippen LogP contribution in [-0.4, -0.2) is 31.7 Å². The highest BCUT2D eigenvalue weighted by Gasteiger charge is 2.21. The van der Waals surface area contributed by atoms with Gasteiger partial charge in [0, 0.05) is 12.2 Å². The highest BCUT2D eigenvalue weighted by Crippen LogP contribution is 2.21. The lowest BCUT2D eigenvalue weighted by Gasteiger charge is -2.23. The first-order valence-corrected chi connectivity index (χ1v) is 8.12. The lowest BCUT2D eigenvalue weighted by molar-refractivity contribution is -0.120. The quantitative estimate of drug-likeness (QED) is 0.858. The molecule has 1 amide bonds. The fourth-order valence-electron chi connectivity index (χ4n) is 2.61. The zero-order valence-electron chi connectivity index (χ0n) is 14.2. The second-order valence-corrected chi connectivity index (χ2v) is 5.76. The third-order valence-corrected chi connectivity index (χ3v) is 4.08. The van der Waals surface area contributed by atoms with Crippen LogP contribution in [0.2, 0.25) is 0 Å². The summed E-state index contributed by atoms with van der Waals surface area (Å²) in [5, 5.41) is 6.14. The molecule has 0 spiro atoms. The number of carbonyl (C=O) groups is 1. The van der Waals surface area contributed by atoms with Crippen molar-refractivity contribution in [3.05, 3.63) is 59.7 Å². The first-order valence-electron chi connectivity index (χ1n) is 8.12. The van der Waals surface area contributed by atoms with Crippen molar-refractivity contribution in [1.29, 1.82) is 0 Å². The molecule has 25 heavy (non-hydrogen) atoms. The summed E-state index contributed by atoms with van der Waals surface area (Å²) in [4.78, 5) is 12.3. The highest BCUT2D eigenvalue weighted by molar-refractivity contribution is 5.95. The maximum absolute atomic E-state index is 12.3. The van der Waals surface area contributed by atoms with Crippen LogP contribution in [0.5, 0.6) is 5.75 Å². The molecule has 1 fully saturated rings. The third kappa shape index (κ3) is 5.19. The molecule has 2 aromatic carbocycles. The van der Waals surface area contributed by atoms with Crippen LogP contribution < -0.4 is 15.4 Å². The van der Waals surface area contributed by atoms with Crippen molar-refractivity contribution in [3.63, 3.8) is 0 Å². The Labute approximate surface area is 154 Å². The molecule has 0 radical (unpaired) electrons. The molecule has 0 aliphatic carbocycles. The Balaban J connectivity index is 0.00000225. The van der Waals surface area contributed by atoms with E-state index >= 15 is 0 Å². The van der Waals surface area contributed by atoms with E-state index in [0.29, 0.717) is 26.4 Å². The van der Waals surface area contributed by atoms with E-state index in [2.05, 4.69) is 10.6 Å². The lowest BCUT2D eigenvalue weighted by Crippen LogP contribution is -2.48. The number of halogens is 1. The maximum Gasteiger partial charge on any atom is 0.243 e. The third-order valence-electron chi connectivity index (χ3n) is 4.08. The normalized spacial score (nSPS) is 16.6. The van der Waals surface area contributed by atoms with Gasteiger partial charge in [0.1, 0.15) is 18.4 Å². The van der Waals surface area contributed by atoms with Crippen LogP contribution in [0.3, 0.4) is 0 Å². The van der Waals surface area contributed by atoms with E-state index < -0.39 is 0 Å². The van der Waals surface area contributed by atoms with Crippen molar-refractivity contribution in [2.75, 3.05) is 25.1 Å². The van der Waals surface area contributed by atoms with Crippen molar-refractivity contribution in [3.8, 4) is 5.75 Å². The molecule has 0 aromatic heterocycles. The van der Waals surface area contributed by atoms with E-state index in [4.69, 9.17) is 9.47 Å². The first kappa shape index (κ1) is 19.2. The van der Waals surface area contributed by atoms with Gasteiger partial charge in [0.05, 0.1) is 13.2 Å². The number of benzene rings is 2. The topological polar surface area (TPSA) is 59.6 Å². The minimum atomic E-state index is -0.303. The Kier molecular flexibility index (Phi) is 7.25. The van der Waals surface area contributed by atoms with Crippen LogP contribution in [0.4, 0.5) is 5.69 Å². The summed E-state index contributed by atoms with van der Waals surface area (Å²) in [5.41, 5.74) is 2.87. The summed E-state index contributed by atoms with van der Waals surface area (Å²) in [6.07, 6.45) is 0. The second kappa shape index (κ2) is 9.42. The van der Waals surface area contributed by atoms with Gasteiger partial charge in [-0.1, -0.05) is 30.3 Å². The van der Waals surface area contributed by atoms with Crippen LogP contribution in [0.25, 0.3) is 0 Å². The number of rotatable bonds is 5. The van der Waals surface area contributed by atoms with Crippen molar-refractivity contribution in [2.45, 2.75) is 19.6 Å². The molecule has 0 bridgehead atoms. The smallest absolute Gasteiger partial charge is 0.243 e. The molecule has 6 heteroatoms. The van der Waals surface area contributed by atoms with E-state index in [1.54, 1.807) is 0 Å². The van der Waals surface area contributed by atoms with Gasteiger partial charge >= 0.3 is 0 Å². The second-order valence-electron chi connectivity index (χ2n) is 5.76. The number of nitrogens with one attached hydrogen (secondary N) is 2. The predicted molar refractivity (Wildman–Crippen MR) is 100 cm³/mol. The molecule has 1 aliphatic heterocycles. The molecule has 1 unspecified atom stereocenters. The van der Waals surface area contributed by atoms with E-state index in [-0.39, 0.29) is 24.4 Å². The molecule has 5 nitrogen and oxygen atoms in total. The highest BCUT2D eigenvalue weighted by atomic mass is 35.5. The molecule has 1 heterocycles. The van der Waals surface area contributed by atoms with Gasteiger partial charge in [0.15, 0.2) is 0 Å². The van der Waals surface area contributed by atoms with Crippen LogP contribution in [0.15, 0.2) is 48.5 Å². The molecule has 2 aromatic rings. The van der Waals surface area contributed by atoms with Gasteiger partial charge in [-0.2, -0.15) is 0 Å². The van der Waals surface area contributed by atoms with E-state index in [1.807, 2.05) is 55.5 Å². The lowest BCUT2D eigenvalue weighted by atomic mass is 10.1. The minimum absolute atomic E-state index is 0. The van der Waals surface area contributed by atoms with E-state index in [0.717, 1.165) is 22.6 Å². The molecule has 134 valence electrons. The number of hydrogen-bond donors (Lipinski definition) is 2. The number of carbonyl (C=O) groups excluding carboxylic acids is 1. The van der Waals surface area contributed by atoms with E-state index in [1.165, 1.54) is 0 Å². The molecule has 2 N–H and O–H groups in total. The zero-order valence-corrected chi connectivity index (χ0v) is 15.0. The minimum Gasteiger partial charge on any atom is -0.489 e. The Morgan fingerprint density at radius 2 is 2.04 bits per heavy atom. The Hall–Kier alpha value is -2.08. The standard InChI is InChI=1S/C19H22N2O3.ClH/c1-14-15(12-24-16-7-3-2-4-8-16)6-5-9-17(14)21-19(22)18-13-23-11-10-20-18;/h2-9,18,20H,10-13H2,1H3,(H,21,22);1H. The van der Waals surface area contributed by atoms with Gasteiger partial charge in [0.2, 0.25) is 5.91 Å². The number of para-hydroxylation sites is 1. The molecular formula is C19H23ClN2O3. The number of hydrogen-bond acceptors (Lipinski definition) is 4. The Morgan fingerprint density at radius 3 is 2.76 bits per heavy atom.